The number of nitrogens with one attached hydrogen (secondary N) is 1. The van der Waals surface area contributed by atoms with E-state index < -0.39 is 11.7 Å². The number of Topliss-reactive ketones (excluding diaryl/α,β-unsaturated/α-hetero) is 1. The van der Waals surface area contributed by atoms with Gasteiger partial charge in [0.2, 0.25) is 5.91 Å². The first-order valence-corrected chi connectivity index (χ1v) is 10.8. The lowest BCUT2D eigenvalue weighted by Crippen LogP contribution is -2.44. The zero-order valence-electron chi connectivity index (χ0n) is 18.0. The third kappa shape index (κ3) is 4.99. The number of benzene rings is 2. The number of hydrogen-bond acceptors (Lipinski definition) is 5. The fraction of sp³-hybridized carbons (Fsp3) is 0.320. The first kappa shape index (κ1) is 21.6. The molecule has 7 nitrogen and oxygen atoms in total. The summed E-state index contributed by atoms with van der Waals surface area (Å²) in [5.74, 6) is -0.0780. The highest BCUT2D eigenvalue weighted by atomic mass is 16.5. The molecule has 0 spiro atoms. The Morgan fingerprint density at radius 3 is 2.47 bits per heavy atom. The molecule has 1 N–H and O–H groups in total. The van der Waals surface area contributed by atoms with Crippen LogP contribution in [0.3, 0.4) is 0 Å². The quantitative estimate of drug-likeness (QED) is 0.456. The number of carbonyl (C=O) groups excluding carboxylic acids is 3. The predicted molar refractivity (Wildman–Crippen MR) is 120 cm³/mol. The Kier molecular flexibility index (Phi) is 6.54. The van der Waals surface area contributed by atoms with E-state index in [2.05, 4.69) is 5.32 Å². The zero-order valence-corrected chi connectivity index (χ0v) is 18.0. The molecular formula is C25H26N2O5. The molecule has 32 heavy (non-hydrogen) atoms. The van der Waals surface area contributed by atoms with Crippen molar-refractivity contribution in [2.45, 2.75) is 19.3 Å². The molecule has 2 amide bonds. The summed E-state index contributed by atoms with van der Waals surface area (Å²) < 4.78 is 10.7. The Morgan fingerprint density at radius 2 is 1.78 bits per heavy atom. The predicted octanol–water partition coefficient (Wildman–Crippen LogP) is 3.22. The van der Waals surface area contributed by atoms with E-state index in [0.29, 0.717) is 31.6 Å². The average molecular weight is 434 g/mol. The molecular weight excluding hydrogens is 408 g/mol. The molecule has 0 saturated carbocycles. The van der Waals surface area contributed by atoms with E-state index in [1.54, 1.807) is 24.1 Å². The third-order valence-electron chi connectivity index (χ3n) is 5.86. The normalized spacial score (nSPS) is 14.3. The number of methoxy groups -OCH3 is 1. The molecule has 0 bridgehead atoms. The number of fused-ring (bicyclic) bond motifs is 1. The molecule has 2 heterocycles. The monoisotopic (exact) mass is 434 g/mol. The van der Waals surface area contributed by atoms with Gasteiger partial charge in [0.25, 0.3) is 11.7 Å². The number of nitrogens with zero attached hydrogens (tertiary/aromatic N) is 1. The van der Waals surface area contributed by atoms with Crippen molar-refractivity contribution in [3.05, 3.63) is 65.9 Å². The zero-order chi connectivity index (χ0) is 22.5. The van der Waals surface area contributed by atoms with Crippen LogP contribution in [0, 0.1) is 5.92 Å². The van der Waals surface area contributed by atoms with Crippen molar-refractivity contribution in [3.63, 3.8) is 0 Å². The Balaban J connectivity index is 1.23. The van der Waals surface area contributed by atoms with E-state index in [-0.39, 0.29) is 17.6 Å². The number of ketones is 1. The van der Waals surface area contributed by atoms with E-state index in [1.807, 2.05) is 42.5 Å². The van der Waals surface area contributed by atoms with Crippen LogP contribution < -0.4 is 10.1 Å². The van der Waals surface area contributed by atoms with Gasteiger partial charge >= 0.3 is 0 Å². The second kappa shape index (κ2) is 9.68. The van der Waals surface area contributed by atoms with Crippen molar-refractivity contribution < 1.29 is 23.5 Å². The van der Waals surface area contributed by atoms with Crippen LogP contribution in [0.2, 0.25) is 0 Å². The lowest BCUT2D eigenvalue weighted by molar-refractivity contribution is -0.128. The molecule has 166 valence electrons. The first-order valence-electron chi connectivity index (χ1n) is 10.8. The Morgan fingerprint density at radius 1 is 1.06 bits per heavy atom. The largest absolute Gasteiger partial charge is 0.497 e. The minimum absolute atomic E-state index is 0.0336. The van der Waals surface area contributed by atoms with Gasteiger partial charge in [-0.05, 0) is 48.6 Å². The van der Waals surface area contributed by atoms with Crippen LogP contribution in [0.25, 0.3) is 11.0 Å². The maximum Gasteiger partial charge on any atom is 0.298 e. The molecule has 1 aliphatic heterocycles. The van der Waals surface area contributed by atoms with Gasteiger partial charge < -0.3 is 19.4 Å². The van der Waals surface area contributed by atoms with E-state index >= 15 is 0 Å². The van der Waals surface area contributed by atoms with Crippen molar-refractivity contribution in [1.29, 1.82) is 0 Å². The summed E-state index contributed by atoms with van der Waals surface area (Å²) >= 11 is 0. The van der Waals surface area contributed by atoms with Crippen molar-refractivity contribution >= 4 is 28.6 Å². The van der Waals surface area contributed by atoms with Gasteiger partial charge in [-0.3, -0.25) is 14.4 Å². The van der Waals surface area contributed by atoms with Gasteiger partial charge in [-0.25, -0.2) is 0 Å². The number of ether oxygens (including phenoxy) is 1. The van der Waals surface area contributed by atoms with Crippen LogP contribution in [-0.4, -0.2) is 49.2 Å². The highest BCUT2D eigenvalue weighted by Crippen LogP contribution is 2.22. The molecule has 1 aliphatic rings. The van der Waals surface area contributed by atoms with Gasteiger partial charge in [-0.1, -0.05) is 30.3 Å². The summed E-state index contributed by atoms with van der Waals surface area (Å²) in [6.07, 6.45) is 1.79. The molecule has 2 aromatic carbocycles. The molecule has 1 aromatic heterocycles. The number of likely N-dealkylation sites (tertiary alicyclic amines) is 1. The number of para-hydroxylation sites is 1. The van der Waals surface area contributed by atoms with Crippen LogP contribution >= 0.6 is 0 Å². The molecule has 7 heteroatoms. The van der Waals surface area contributed by atoms with Crippen LogP contribution in [0.5, 0.6) is 5.75 Å². The number of hydrogen-bond donors (Lipinski definition) is 1. The second-order valence-electron chi connectivity index (χ2n) is 8.04. The van der Waals surface area contributed by atoms with Crippen molar-refractivity contribution in [2.24, 2.45) is 5.92 Å². The summed E-state index contributed by atoms with van der Waals surface area (Å²) in [5.41, 5.74) is 1.51. The average Bonchev–Trinajstić information content (AvgIpc) is 3.27. The molecule has 4 rings (SSSR count). The molecule has 3 aromatic rings. The first-order chi connectivity index (χ1) is 15.5. The number of amides is 2. The highest BCUT2D eigenvalue weighted by Gasteiger charge is 2.29. The van der Waals surface area contributed by atoms with Gasteiger partial charge in [0.1, 0.15) is 11.3 Å². The third-order valence-corrected chi connectivity index (χ3v) is 5.86. The van der Waals surface area contributed by atoms with E-state index in [4.69, 9.17) is 9.15 Å². The Labute approximate surface area is 186 Å². The number of piperidine rings is 1. The second-order valence-corrected chi connectivity index (χ2v) is 8.04. The standard InChI is InChI=1S/C25H26N2O5/c1-31-20-8-6-17(7-9-20)14-23(28)26-16-18-10-12-27(13-11-18)25(30)24(29)22-15-19-4-2-3-5-21(19)32-22/h2-9,15,18H,10-14,16H2,1H3,(H,26,28). The topological polar surface area (TPSA) is 88.9 Å². The van der Waals surface area contributed by atoms with Gasteiger partial charge in [0.05, 0.1) is 13.5 Å². The highest BCUT2D eigenvalue weighted by molar-refractivity contribution is 6.42. The van der Waals surface area contributed by atoms with Gasteiger partial charge in [0.15, 0.2) is 5.76 Å². The summed E-state index contributed by atoms with van der Waals surface area (Å²) in [7, 11) is 1.61. The van der Waals surface area contributed by atoms with Crippen LogP contribution in [-0.2, 0) is 16.0 Å². The SMILES string of the molecule is COc1ccc(CC(=O)NCC2CCN(C(=O)C(=O)c3cc4ccccc4o3)CC2)cc1. The van der Waals surface area contributed by atoms with Gasteiger partial charge in [-0.15, -0.1) is 0 Å². The summed E-state index contributed by atoms with van der Waals surface area (Å²) in [6.45, 7) is 1.54. The van der Waals surface area contributed by atoms with Crippen LogP contribution in [0.4, 0.5) is 0 Å². The molecule has 0 radical (unpaired) electrons. The molecule has 1 saturated heterocycles. The maximum absolute atomic E-state index is 12.6. The fourth-order valence-electron chi connectivity index (χ4n) is 3.93. The summed E-state index contributed by atoms with van der Waals surface area (Å²) in [6, 6.07) is 16.3. The molecule has 1 fully saturated rings. The lowest BCUT2D eigenvalue weighted by Gasteiger charge is -2.31. The molecule has 0 atom stereocenters. The summed E-state index contributed by atoms with van der Waals surface area (Å²) in [4.78, 5) is 39.0. The van der Waals surface area contributed by atoms with Crippen molar-refractivity contribution in [2.75, 3.05) is 26.7 Å². The maximum atomic E-state index is 12.6. The fourth-order valence-corrected chi connectivity index (χ4v) is 3.93. The Bertz CT molecular complexity index is 1080. The van der Waals surface area contributed by atoms with Crippen molar-refractivity contribution in [3.8, 4) is 5.75 Å². The van der Waals surface area contributed by atoms with Gasteiger partial charge in [0, 0.05) is 25.0 Å². The number of rotatable bonds is 7. The van der Waals surface area contributed by atoms with Crippen molar-refractivity contribution in [1.82, 2.24) is 10.2 Å². The smallest absolute Gasteiger partial charge is 0.298 e. The lowest BCUT2D eigenvalue weighted by atomic mass is 9.96. The van der Waals surface area contributed by atoms with Crippen LogP contribution in [0.15, 0.2) is 59.0 Å². The number of carbonyl (C=O) groups is 3. The van der Waals surface area contributed by atoms with Crippen LogP contribution in [0.1, 0.15) is 29.0 Å². The molecule has 0 aliphatic carbocycles. The number of furan rings is 1. The minimum Gasteiger partial charge on any atom is -0.497 e. The summed E-state index contributed by atoms with van der Waals surface area (Å²) in [5, 5.41) is 3.78. The Hall–Kier alpha value is -3.61. The van der Waals surface area contributed by atoms with E-state index in [0.717, 1.165) is 29.5 Å². The van der Waals surface area contributed by atoms with Gasteiger partial charge in [-0.2, -0.15) is 0 Å². The minimum atomic E-state index is -0.618. The van der Waals surface area contributed by atoms with E-state index in [9.17, 15) is 14.4 Å². The van der Waals surface area contributed by atoms with E-state index in [1.165, 1.54) is 0 Å². The molecule has 0 unspecified atom stereocenters.